The minimum absolute atomic E-state index is 0.300. The van der Waals surface area contributed by atoms with Crippen LogP contribution in [-0.4, -0.2) is 30.8 Å². The van der Waals surface area contributed by atoms with Gasteiger partial charge in [0.1, 0.15) is 6.04 Å². The van der Waals surface area contributed by atoms with Crippen molar-refractivity contribution in [2.24, 2.45) is 5.92 Å². The number of rotatable bonds is 9. The zero-order valence-corrected chi connectivity index (χ0v) is 15.1. The van der Waals surface area contributed by atoms with Crippen LogP contribution in [0, 0.1) is 5.92 Å². The van der Waals surface area contributed by atoms with Crippen molar-refractivity contribution in [3.05, 3.63) is 22.2 Å². The maximum absolute atomic E-state index is 11.3. The Morgan fingerprint density at radius 3 is 2.59 bits per heavy atom. The summed E-state index contributed by atoms with van der Waals surface area (Å²) in [6.45, 7) is 6.80. The van der Waals surface area contributed by atoms with E-state index in [2.05, 4.69) is 21.2 Å². The van der Waals surface area contributed by atoms with Gasteiger partial charge in [-0.25, -0.2) is 0 Å². The number of carbonyl (C=O) groups is 1. The number of halogens is 1. The van der Waals surface area contributed by atoms with Gasteiger partial charge in [-0.3, -0.25) is 4.79 Å². The first-order valence-corrected chi connectivity index (χ1v) is 8.14. The monoisotopic (exact) mass is 373 g/mol. The SMILES string of the molecule is CCOc1c(OC)ccc(Br)c1CNC(CC(C)C)C(=O)O. The van der Waals surface area contributed by atoms with E-state index in [1.54, 1.807) is 7.11 Å². The van der Waals surface area contributed by atoms with E-state index in [0.29, 0.717) is 37.0 Å². The molecule has 1 aromatic rings. The van der Waals surface area contributed by atoms with Crippen molar-refractivity contribution in [2.45, 2.75) is 39.8 Å². The molecule has 0 heterocycles. The molecule has 2 N–H and O–H groups in total. The van der Waals surface area contributed by atoms with Gasteiger partial charge in [-0.05, 0) is 31.4 Å². The molecule has 0 aliphatic heterocycles. The second kappa shape index (κ2) is 9.00. The third-order valence-electron chi connectivity index (χ3n) is 3.21. The summed E-state index contributed by atoms with van der Waals surface area (Å²) in [5, 5.41) is 12.4. The largest absolute Gasteiger partial charge is 0.493 e. The molecule has 0 fully saturated rings. The second-order valence-corrected chi connectivity index (χ2v) is 6.25. The maximum Gasteiger partial charge on any atom is 0.320 e. The van der Waals surface area contributed by atoms with Crippen LogP contribution in [0.2, 0.25) is 0 Å². The Labute approximate surface area is 140 Å². The van der Waals surface area contributed by atoms with Crippen LogP contribution in [0.15, 0.2) is 16.6 Å². The molecule has 0 amide bonds. The van der Waals surface area contributed by atoms with Gasteiger partial charge >= 0.3 is 5.97 Å². The van der Waals surface area contributed by atoms with Crippen LogP contribution in [0.25, 0.3) is 0 Å². The number of carboxylic acids is 1. The highest BCUT2D eigenvalue weighted by atomic mass is 79.9. The molecule has 0 saturated carbocycles. The van der Waals surface area contributed by atoms with Gasteiger partial charge in [0.15, 0.2) is 11.5 Å². The molecule has 0 spiro atoms. The normalized spacial score (nSPS) is 12.3. The summed E-state index contributed by atoms with van der Waals surface area (Å²) in [6.07, 6.45) is 0.570. The van der Waals surface area contributed by atoms with Gasteiger partial charge in [-0.1, -0.05) is 29.8 Å². The molecule has 5 nitrogen and oxygen atoms in total. The lowest BCUT2D eigenvalue weighted by Gasteiger charge is -2.20. The molecule has 0 radical (unpaired) electrons. The molecule has 124 valence electrons. The smallest absolute Gasteiger partial charge is 0.320 e. The maximum atomic E-state index is 11.3. The van der Waals surface area contributed by atoms with Crippen LogP contribution in [0.4, 0.5) is 0 Å². The fraction of sp³-hybridized carbons (Fsp3) is 0.562. The third kappa shape index (κ3) is 5.18. The van der Waals surface area contributed by atoms with Crippen LogP contribution < -0.4 is 14.8 Å². The lowest BCUT2D eigenvalue weighted by atomic mass is 10.0. The van der Waals surface area contributed by atoms with Crippen molar-refractivity contribution in [3.63, 3.8) is 0 Å². The lowest BCUT2D eigenvalue weighted by molar-refractivity contribution is -0.140. The highest BCUT2D eigenvalue weighted by Crippen LogP contribution is 2.36. The van der Waals surface area contributed by atoms with Crippen LogP contribution in [-0.2, 0) is 11.3 Å². The highest BCUT2D eigenvalue weighted by molar-refractivity contribution is 9.10. The first-order chi connectivity index (χ1) is 10.4. The zero-order chi connectivity index (χ0) is 16.7. The number of hydrogen-bond donors (Lipinski definition) is 2. The third-order valence-corrected chi connectivity index (χ3v) is 3.95. The molecule has 1 aromatic carbocycles. The van der Waals surface area contributed by atoms with Crippen molar-refractivity contribution < 1.29 is 19.4 Å². The molecular formula is C16H24BrNO4. The molecule has 6 heteroatoms. The van der Waals surface area contributed by atoms with E-state index in [-0.39, 0.29) is 0 Å². The van der Waals surface area contributed by atoms with Crippen molar-refractivity contribution in [1.82, 2.24) is 5.32 Å². The van der Waals surface area contributed by atoms with Gasteiger partial charge in [0.05, 0.1) is 13.7 Å². The van der Waals surface area contributed by atoms with Gasteiger partial charge in [-0.15, -0.1) is 0 Å². The molecule has 0 aliphatic carbocycles. The number of nitrogens with one attached hydrogen (secondary N) is 1. The van der Waals surface area contributed by atoms with Crippen molar-refractivity contribution >= 4 is 21.9 Å². The van der Waals surface area contributed by atoms with E-state index in [1.807, 2.05) is 32.9 Å². The number of carboxylic acid groups (broad SMARTS) is 1. The van der Waals surface area contributed by atoms with Crippen LogP contribution in [0.1, 0.15) is 32.8 Å². The Morgan fingerprint density at radius 2 is 2.09 bits per heavy atom. The molecule has 0 saturated heterocycles. The molecule has 0 aliphatic rings. The highest BCUT2D eigenvalue weighted by Gasteiger charge is 2.21. The van der Waals surface area contributed by atoms with Crippen molar-refractivity contribution in [3.8, 4) is 11.5 Å². The average Bonchev–Trinajstić information content (AvgIpc) is 2.45. The van der Waals surface area contributed by atoms with Gasteiger partial charge in [0, 0.05) is 16.6 Å². The fourth-order valence-corrected chi connectivity index (χ4v) is 2.63. The van der Waals surface area contributed by atoms with Crippen LogP contribution in [0.3, 0.4) is 0 Å². The standard InChI is InChI=1S/C16H24BrNO4/c1-5-22-15-11(12(17)6-7-14(15)21-4)9-18-13(16(19)20)8-10(2)3/h6-7,10,13,18H,5,8-9H2,1-4H3,(H,19,20). The molecule has 1 atom stereocenters. The van der Waals surface area contributed by atoms with E-state index in [9.17, 15) is 9.90 Å². The number of hydrogen-bond acceptors (Lipinski definition) is 4. The predicted octanol–water partition coefficient (Wildman–Crippen LogP) is 3.45. The predicted molar refractivity (Wildman–Crippen MR) is 89.6 cm³/mol. The van der Waals surface area contributed by atoms with E-state index in [0.717, 1.165) is 10.0 Å². The van der Waals surface area contributed by atoms with Gasteiger partial charge in [0.25, 0.3) is 0 Å². The number of benzene rings is 1. The average molecular weight is 374 g/mol. The first-order valence-electron chi connectivity index (χ1n) is 7.35. The molecule has 1 unspecified atom stereocenters. The number of methoxy groups -OCH3 is 1. The minimum Gasteiger partial charge on any atom is -0.493 e. The van der Waals surface area contributed by atoms with E-state index < -0.39 is 12.0 Å². The minimum atomic E-state index is -0.842. The van der Waals surface area contributed by atoms with Crippen LogP contribution in [0.5, 0.6) is 11.5 Å². The van der Waals surface area contributed by atoms with E-state index in [1.165, 1.54) is 0 Å². The molecule has 0 aromatic heterocycles. The molecule has 1 rings (SSSR count). The number of aliphatic carboxylic acids is 1. The Kier molecular flexibility index (Phi) is 7.68. The Balaban J connectivity index is 2.97. The summed E-state index contributed by atoms with van der Waals surface area (Å²) in [7, 11) is 1.59. The van der Waals surface area contributed by atoms with E-state index in [4.69, 9.17) is 9.47 Å². The quantitative estimate of drug-likeness (QED) is 0.693. The Bertz CT molecular complexity index is 505. The Hall–Kier alpha value is -1.27. The molecule has 0 bridgehead atoms. The first kappa shape index (κ1) is 18.8. The summed E-state index contributed by atoms with van der Waals surface area (Å²) in [4.78, 5) is 11.3. The summed E-state index contributed by atoms with van der Waals surface area (Å²) in [5.74, 6) is 0.734. The summed E-state index contributed by atoms with van der Waals surface area (Å²) >= 11 is 3.50. The fourth-order valence-electron chi connectivity index (χ4n) is 2.18. The van der Waals surface area contributed by atoms with Gasteiger partial charge < -0.3 is 19.9 Å². The van der Waals surface area contributed by atoms with E-state index >= 15 is 0 Å². The lowest BCUT2D eigenvalue weighted by Crippen LogP contribution is -2.37. The van der Waals surface area contributed by atoms with Gasteiger partial charge in [-0.2, -0.15) is 0 Å². The topological polar surface area (TPSA) is 67.8 Å². The molecular weight excluding hydrogens is 350 g/mol. The molecule has 22 heavy (non-hydrogen) atoms. The van der Waals surface area contributed by atoms with Crippen molar-refractivity contribution in [1.29, 1.82) is 0 Å². The zero-order valence-electron chi connectivity index (χ0n) is 13.5. The van der Waals surface area contributed by atoms with Crippen molar-refractivity contribution in [2.75, 3.05) is 13.7 Å². The Morgan fingerprint density at radius 1 is 1.41 bits per heavy atom. The number of ether oxygens (including phenoxy) is 2. The van der Waals surface area contributed by atoms with Gasteiger partial charge in [0.2, 0.25) is 0 Å². The summed E-state index contributed by atoms with van der Waals surface area (Å²) in [6, 6.07) is 3.10. The van der Waals surface area contributed by atoms with Crippen LogP contribution >= 0.6 is 15.9 Å². The summed E-state index contributed by atoms with van der Waals surface area (Å²) < 4.78 is 11.9. The second-order valence-electron chi connectivity index (χ2n) is 5.39. The summed E-state index contributed by atoms with van der Waals surface area (Å²) in [5.41, 5.74) is 0.858.